The topological polar surface area (TPSA) is 88.4 Å². The highest BCUT2D eigenvalue weighted by molar-refractivity contribution is 14.1. The second-order valence-electron chi connectivity index (χ2n) is 5.35. The Morgan fingerprint density at radius 3 is 2.52 bits per heavy atom. The van der Waals surface area contributed by atoms with Crippen molar-refractivity contribution in [1.29, 1.82) is 5.26 Å². The number of hydrogen-bond acceptors (Lipinski definition) is 5. The van der Waals surface area contributed by atoms with Crippen LogP contribution in [0.2, 0.25) is 0 Å². The molecule has 0 aliphatic heterocycles. The third-order valence-electron chi connectivity index (χ3n) is 3.44. The molecule has 0 aromatic heterocycles. The van der Waals surface area contributed by atoms with Gasteiger partial charge in [-0.1, -0.05) is 0 Å². The Bertz CT molecular complexity index is 915. The molecule has 0 unspecified atom stereocenters. The number of esters is 1. The second-order valence-corrected chi connectivity index (χ2v) is 6.59. The molecule has 6 nitrogen and oxygen atoms in total. The van der Waals surface area contributed by atoms with E-state index in [1.165, 1.54) is 25.3 Å². The minimum atomic E-state index is -0.542. The standard InChI is InChI=1S/C20H17IN2O4/c1-3-27-18-10-13(9-16(21)11-18)8-15(12-22)19(24)23-17-6-4-14(5-7-17)20(25)26-2/h4-11H,3H2,1-2H3,(H,23,24)/b15-8+. The van der Waals surface area contributed by atoms with Crippen molar-refractivity contribution in [2.75, 3.05) is 19.0 Å². The van der Waals surface area contributed by atoms with Gasteiger partial charge in [0, 0.05) is 9.26 Å². The zero-order valence-electron chi connectivity index (χ0n) is 14.8. The molecule has 0 atom stereocenters. The van der Waals surface area contributed by atoms with Gasteiger partial charge in [0.2, 0.25) is 0 Å². The molecule has 27 heavy (non-hydrogen) atoms. The number of amides is 1. The summed E-state index contributed by atoms with van der Waals surface area (Å²) in [4.78, 5) is 23.8. The van der Waals surface area contributed by atoms with E-state index in [4.69, 9.17) is 4.74 Å². The number of hydrogen-bond donors (Lipinski definition) is 1. The number of methoxy groups -OCH3 is 1. The number of halogens is 1. The van der Waals surface area contributed by atoms with Crippen molar-refractivity contribution in [3.63, 3.8) is 0 Å². The molecule has 0 spiro atoms. The molecule has 7 heteroatoms. The average Bonchev–Trinajstić information content (AvgIpc) is 2.65. The minimum absolute atomic E-state index is 0.0449. The number of nitrogens with zero attached hydrogens (tertiary/aromatic N) is 1. The molecule has 0 saturated carbocycles. The number of nitriles is 1. The summed E-state index contributed by atoms with van der Waals surface area (Å²) in [6.45, 7) is 2.41. The molecule has 0 heterocycles. The van der Waals surface area contributed by atoms with E-state index in [0.29, 0.717) is 29.2 Å². The first kappa shape index (κ1) is 20.5. The zero-order valence-corrected chi connectivity index (χ0v) is 16.9. The van der Waals surface area contributed by atoms with Crippen LogP contribution in [0.25, 0.3) is 6.08 Å². The molecular formula is C20H17IN2O4. The van der Waals surface area contributed by atoms with E-state index in [-0.39, 0.29) is 5.57 Å². The lowest BCUT2D eigenvalue weighted by Gasteiger charge is -2.07. The molecule has 2 aromatic rings. The lowest BCUT2D eigenvalue weighted by atomic mass is 10.1. The molecule has 2 rings (SSSR count). The highest BCUT2D eigenvalue weighted by Crippen LogP contribution is 2.21. The fourth-order valence-electron chi connectivity index (χ4n) is 2.24. The maximum atomic E-state index is 12.4. The van der Waals surface area contributed by atoms with Crippen LogP contribution in [0.3, 0.4) is 0 Å². The van der Waals surface area contributed by atoms with E-state index < -0.39 is 11.9 Å². The van der Waals surface area contributed by atoms with Gasteiger partial charge in [0.15, 0.2) is 0 Å². The van der Waals surface area contributed by atoms with Crippen LogP contribution in [-0.2, 0) is 9.53 Å². The molecule has 0 radical (unpaired) electrons. The van der Waals surface area contributed by atoms with Crippen molar-refractivity contribution in [2.24, 2.45) is 0 Å². The van der Waals surface area contributed by atoms with Crippen LogP contribution in [0.15, 0.2) is 48.0 Å². The molecular weight excluding hydrogens is 459 g/mol. The summed E-state index contributed by atoms with van der Waals surface area (Å²) in [5.74, 6) is -0.332. The van der Waals surface area contributed by atoms with Crippen molar-refractivity contribution in [2.45, 2.75) is 6.92 Å². The number of rotatable bonds is 6. The summed E-state index contributed by atoms with van der Waals surface area (Å²) in [6, 6.07) is 13.6. The maximum absolute atomic E-state index is 12.4. The Hall–Kier alpha value is -2.86. The fraction of sp³-hybridized carbons (Fsp3) is 0.150. The normalized spacial score (nSPS) is 10.7. The third kappa shape index (κ3) is 5.82. The first-order chi connectivity index (χ1) is 13.0. The SMILES string of the molecule is CCOc1cc(I)cc(/C=C(\C#N)C(=O)Nc2ccc(C(=O)OC)cc2)c1. The van der Waals surface area contributed by atoms with Gasteiger partial charge in [-0.3, -0.25) is 4.79 Å². The first-order valence-electron chi connectivity index (χ1n) is 8.01. The van der Waals surface area contributed by atoms with Crippen molar-refractivity contribution in [1.82, 2.24) is 0 Å². The predicted molar refractivity (Wildman–Crippen MR) is 110 cm³/mol. The summed E-state index contributed by atoms with van der Waals surface area (Å²) < 4.78 is 11.0. The van der Waals surface area contributed by atoms with Crippen molar-refractivity contribution in [3.05, 3.63) is 62.7 Å². The minimum Gasteiger partial charge on any atom is -0.494 e. The van der Waals surface area contributed by atoms with Gasteiger partial charge in [0.1, 0.15) is 17.4 Å². The van der Waals surface area contributed by atoms with Gasteiger partial charge in [0.05, 0.1) is 19.3 Å². The van der Waals surface area contributed by atoms with Crippen LogP contribution >= 0.6 is 22.6 Å². The van der Waals surface area contributed by atoms with Crippen LogP contribution < -0.4 is 10.1 Å². The molecule has 0 aliphatic carbocycles. The molecule has 138 valence electrons. The van der Waals surface area contributed by atoms with Crippen LogP contribution in [0.5, 0.6) is 5.75 Å². The fourth-order valence-corrected chi connectivity index (χ4v) is 2.91. The molecule has 2 aromatic carbocycles. The van der Waals surface area contributed by atoms with Crippen LogP contribution in [0, 0.1) is 14.9 Å². The lowest BCUT2D eigenvalue weighted by Crippen LogP contribution is -2.13. The monoisotopic (exact) mass is 476 g/mol. The van der Waals surface area contributed by atoms with Gasteiger partial charge in [-0.15, -0.1) is 0 Å². The maximum Gasteiger partial charge on any atom is 0.337 e. The Kier molecular flexibility index (Phi) is 7.37. The summed E-state index contributed by atoms with van der Waals surface area (Å²) in [7, 11) is 1.30. The molecule has 0 saturated heterocycles. The van der Waals surface area contributed by atoms with Gasteiger partial charge in [-0.05, 0) is 83.6 Å². The number of nitrogens with one attached hydrogen (secondary N) is 1. The van der Waals surface area contributed by atoms with Gasteiger partial charge in [0.25, 0.3) is 5.91 Å². The van der Waals surface area contributed by atoms with E-state index in [1.54, 1.807) is 18.2 Å². The van der Waals surface area contributed by atoms with E-state index in [0.717, 1.165) is 3.57 Å². The highest BCUT2D eigenvalue weighted by atomic mass is 127. The summed E-state index contributed by atoms with van der Waals surface area (Å²) in [5.41, 5.74) is 1.48. The van der Waals surface area contributed by atoms with E-state index in [2.05, 4.69) is 32.6 Å². The lowest BCUT2D eigenvalue weighted by molar-refractivity contribution is -0.112. The Morgan fingerprint density at radius 2 is 1.93 bits per heavy atom. The Morgan fingerprint density at radius 1 is 1.22 bits per heavy atom. The molecule has 0 fully saturated rings. The number of benzene rings is 2. The molecule has 1 N–H and O–H groups in total. The van der Waals surface area contributed by atoms with Crippen LogP contribution in [0.4, 0.5) is 5.69 Å². The first-order valence-corrected chi connectivity index (χ1v) is 9.09. The summed E-state index contributed by atoms with van der Waals surface area (Å²) in [5, 5.41) is 12.0. The average molecular weight is 476 g/mol. The smallest absolute Gasteiger partial charge is 0.337 e. The number of anilines is 1. The quantitative estimate of drug-likeness (QED) is 0.295. The van der Waals surface area contributed by atoms with Crippen molar-refractivity contribution >= 4 is 46.2 Å². The summed E-state index contributed by atoms with van der Waals surface area (Å²) >= 11 is 2.15. The van der Waals surface area contributed by atoms with Gasteiger partial charge < -0.3 is 14.8 Å². The predicted octanol–water partition coefficient (Wildman–Crippen LogP) is 4.02. The van der Waals surface area contributed by atoms with E-state index in [1.807, 2.05) is 25.1 Å². The van der Waals surface area contributed by atoms with Crippen LogP contribution in [-0.4, -0.2) is 25.6 Å². The van der Waals surface area contributed by atoms with Crippen LogP contribution in [0.1, 0.15) is 22.8 Å². The summed E-state index contributed by atoms with van der Waals surface area (Å²) in [6.07, 6.45) is 1.50. The van der Waals surface area contributed by atoms with Gasteiger partial charge in [-0.25, -0.2) is 4.79 Å². The molecule has 0 bridgehead atoms. The van der Waals surface area contributed by atoms with E-state index in [9.17, 15) is 14.9 Å². The third-order valence-corrected chi connectivity index (χ3v) is 4.07. The molecule has 1 amide bonds. The number of carbonyl (C=O) groups is 2. The highest BCUT2D eigenvalue weighted by Gasteiger charge is 2.11. The van der Waals surface area contributed by atoms with Crippen molar-refractivity contribution in [3.8, 4) is 11.8 Å². The van der Waals surface area contributed by atoms with Gasteiger partial charge in [-0.2, -0.15) is 5.26 Å². The van der Waals surface area contributed by atoms with Gasteiger partial charge >= 0.3 is 5.97 Å². The Labute approximate surface area is 170 Å². The van der Waals surface area contributed by atoms with E-state index >= 15 is 0 Å². The Balaban J connectivity index is 2.19. The number of carbonyl (C=O) groups excluding carboxylic acids is 2. The van der Waals surface area contributed by atoms with Crippen molar-refractivity contribution < 1.29 is 19.1 Å². The zero-order chi connectivity index (χ0) is 19.8. The number of ether oxygens (including phenoxy) is 2. The largest absolute Gasteiger partial charge is 0.494 e. The molecule has 0 aliphatic rings. The second kappa shape index (κ2) is 9.73.